The smallest absolute Gasteiger partial charge is 0.482 e. The highest BCUT2D eigenvalue weighted by atomic mass is 16.7. The van der Waals surface area contributed by atoms with Crippen molar-refractivity contribution < 1.29 is 23.6 Å². The van der Waals surface area contributed by atoms with Gasteiger partial charge in [-0.15, -0.1) is 0 Å². The summed E-state index contributed by atoms with van der Waals surface area (Å²) >= 11 is 0. The number of hydrogen-bond donors (Lipinski definition) is 0. The van der Waals surface area contributed by atoms with Crippen molar-refractivity contribution in [2.75, 3.05) is 13.2 Å². The van der Waals surface area contributed by atoms with Gasteiger partial charge in [0.15, 0.2) is 6.61 Å². The van der Waals surface area contributed by atoms with Crippen LogP contribution in [0.1, 0.15) is 34.6 Å². The standard InChI is InChI=1S/C16H23BO5/c1-6-19-14(18)11-20-13-9-7-8-12(10-13)17-21-15(2,3)16(4,5)22-17/h7-10H,6,11H2,1-5H3. The molecule has 0 amide bonds. The van der Waals surface area contributed by atoms with Crippen molar-refractivity contribution in [3.8, 4) is 5.75 Å². The van der Waals surface area contributed by atoms with Crippen LogP contribution in [-0.2, 0) is 18.8 Å². The molecule has 0 spiro atoms. The van der Waals surface area contributed by atoms with Gasteiger partial charge in [-0.2, -0.15) is 0 Å². The summed E-state index contributed by atoms with van der Waals surface area (Å²) in [5.74, 6) is 0.198. The number of esters is 1. The monoisotopic (exact) mass is 306 g/mol. The molecule has 2 rings (SSSR count). The number of carbonyl (C=O) groups excluding carboxylic acids is 1. The Morgan fingerprint density at radius 2 is 1.82 bits per heavy atom. The third-order valence-corrected chi connectivity index (χ3v) is 4.05. The quantitative estimate of drug-likeness (QED) is 0.614. The van der Waals surface area contributed by atoms with Crippen LogP contribution in [0.5, 0.6) is 5.75 Å². The molecule has 6 heteroatoms. The van der Waals surface area contributed by atoms with E-state index in [1.165, 1.54) is 0 Å². The van der Waals surface area contributed by atoms with E-state index in [4.69, 9.17) is 18.8 Å². The van der Waals surface area contributed by atoms with E-state index in [2.05, 4.69) is 0 Å². The van der Waals surface area contributed by atoms with E-state index in [0.29, 0.717) is 12.4 Å². The highest BCUT2D eigenvalue weighted by molar-refractivity contribution is 6.62. The van der Waals surface area contributed by atoms with Gasteiger partial charge in [-0.05, 0) is 52.2 Å². The van der Waals surface area contributed by atoms with Gasteiger partial charge in [-0.3, -0.25) is 0 Å². The molecule has 1 aliphatic rings. The van der Waals surface area contributed by atoms with Crippen LogP contribution in [-0.4, -0.2) is 37.5 Å². The fourth-order valence-electron chi connectivity index (χ4n) is 2.07. The minimum absolute atomic E-state index is 0.110. The summed E-state index contributed by atoms with van der Waals surface area (Å²) in [5.41, 5.74) is 0.0823. The van der Waals surface area contributed by atoms with Crippen molar-refractivity contribution in [3.05, 3.63) is 24.3 Å². The van der Waals surface area contributed by atoms with E-state index in [-0.39, 0.29) is 23.8 Å². The third-order valence-electron chi connectivity index (χ3n) is 4.05. The summed E-state index contributed by atoms with van der Waals surface area (Å²) in [6.07, 6.45) is 0. The van der Waals surface area contributed by atoms with E-state index < -0.39 is 7.12 Å². The van der Waals surface area contributed by atoms with Crippen molar-refractivity contribution in [1.82, 2.24) is 0 Å². The predicted octanol–water partition coefficient (Wildman–Crippen LogP) is 1.93. The lowest BCUT2D eigenvalue weighted by molar-refractivity contribution is -0.145. The Bertz CT molecular complexity index is 525. The topological polar surface area (TPSA) is 54.0 Å². The zero-order valence-electron chi connectivity index (χ0n) is 13.8. The first-order valence-electron chi connectivity index (χ1n) is 7.49. The van der Waals surface area contributed by atoms with Gasteiger partial charge in [0.2, 0.25) is 0 Å². The molecule has 1 aromatic rings. The molecule has 0 aromatic heterocycles. The van der Waals surface area contributed by atoms with Gasteiger partial charge >= 0.3 is 13.1 Å². The Morgan fingerprint density at radius 3 is 2.41 bits per heavy atom. The second-order valence-corrected chi connectivity index (χ2v) is 6.25. The fraction of sp³-hybridized carbons (Fsp3) is 0.562. The van der Waals surface area contributed by atoms with Gasteiger partial charge in [-0.25, -0.2) is 4.79 Å². The Balaban J connectivity index is 2.05. The van der Waals surface area contributed by atoms with Gasteiger partial charge in [0, 0.05) is 0 Å². The first-order chi connectivity index (χ1) is 10.2. The zero-order chi connectivity index (χ0) is 16.4. The first-order valence-corrected chi connectivity index (χ1v) is 7.49. The van der Waals surface area contributed by atoms with Crippen LogP contribution in [0, 0.1) is 0 Å². The number of rotatable bonds is 5. The van der Waals surface area contributed by atoms with E-state index in [9.17, 15) is 4.79 Å². The fourth-order valence-corrected chi connectivity index (χ4v) is 2.07. The van der Waals surface area contributed by atoms with Crippen LogP contribution in [0.4, 0.5) is 0 Å². The molecular formula is C16H23BO5. The molecular weight excluding hydrogens is 283 g/mol. The Hall–Kier alpha value is -1.53. The first kappa shape index (κ1) is 16.8. The largest absolute Gasteiger partial charge is 0.494 e. The van der Waals surface area contributed by atoms with Gasteiger partial charge in [0.05, 0.1) is 17.8 Å². The molecule has 1 heterocycles. The molecule has 0 unspecified atom stereocenters. The second kappa shape index (κ2) is 6.30. The molecule has 0 saturated carbocycles. The average molecular weight is 306 g/mol. The molecule has 0 bridgehead atoms. The van der Waals surface area contributed by atoms with Gasteiger partial charge in [-0.1, -0.05) is 12.1 Å². The molecule has 1 aromatic carbocycles. The maximum atomic E-state index is 11.3. The van der Waals surface area contributed by atoms with Crippen LogP contribution < -0.4 is 10.2 Å². The van der Waals surface area contributed by atoms with Crippen LogP contribution in [0.3, 0.4) is 0 Å². The SMILES string of the molecule is CCOC(=O)COc1cccc(B2OC(C)(C)C(C)(C)O2)c1. The summed E-state index contributed by atoms with van der Waals surface area (Å²) in [7, 11) is -0.448. The Morgan fingerprint density at radius 1 is 1.18 bits per heavy atom. The summed E-state index contributed by atoms with van der Waals surface area (Å²) in [4.78, 5) is 11.3. The van der Waals surface area contributed by atoms with Crippen molar-refractivity contribution in [2.24, 2.45) is 0 Å². The van der Waals surface area contributed by atoms with Gasteiger partial charge < -0.3 is 18.8 Å². The Labute approximate surface area is 132 Å². The molecule has 120 valence electrons. The summed E-state index contributed by atoms with van der Waals surface area (Å²) in [5, 5.41) is 0. The van der Waals surface area contributed by atoms with Crippen LogP contribution >= 0.6 is 0 Å². The van der Waals surface area contributed by atoms with E-state index in [1.54, 1.807) is 13.0 Å². The summed E-state index contributed by atoms with van der Waals surface area (Å²) < 4.78 is 22.3. The lowest BCUT2D eigenvalue weighted by Crippen LogP contribution is -2.41. The highest BCUT2D eigenvalue weighted by Gasteiger charge is 2.51. The molecule has 0 atom stereocenters. The van der Waals surface area contributed by atoms with E-state index in [0.717, 1.165) is 5.46 Å². The lowest BCUT2D eigenvalue weighted by Gasteiger charge is -2.32. The van der Waals surface area contributed by atoms with Gasteiger partial charge in [0.25, 0.3) is 0 Å². The minimum Gasteiger partial charge on any atom is -0.482 e. The van der Waals surface area contributed by atoms with Crippen LogP contribution in [0.15, 0.2) is 24.3 Å². The molecule has 5 nitrogen and oxygen atoms in total. The Kier molecular flexibility index (Phi) is 4.82. The number of benzene rings is 1. The van der Waals surface area contributed by atoms with Crippen LogP contribution in [0.25, 0.3) is 0 Å². The maximum Gasteiger partial charge on any atom is 0.494 e. The molecule has 22 heavy (non-hydrogen) atoms. The number of carbonyl (C=O) groups is 1. The van der Waals surface area contributed by atoms with Crippen molar-refractivity contribution in [2.45, 2.75) is 45.8 Å². The minimum atomic E-state index is -0.448. The highest BCUT2D eigenvalue weighted by Crippen LogP contribution is 2.36. The van der Waals surface area contributed by atoms with Crippen molar-refractivity contribution >= 4 is 18.6 Å². The molecule has 0 N–H and O–H groups in total. The number of ether oxygens (including phenoxy) is 2. The summed E-state index contributed by atoms with van der Waals surface area (Å²) in [6, 6.07) is 7.37. The molecule has 1 saturated heterocycles. The van der Waals surface area contributed by atoms with Gasteiger partial charge in [0.1, 0.15) is 5.75 Å². The molecule has 1 aliphatic heterocycles. The van der Waals surface area contributed by atoms with Crippen molar-refractivity contribution in [3.63, 3.8) is 0 Å². The van der Waals surface area contributed by atoms with Crippen LogP contribution in [0.2, 0.25) is 0 Å². The normalized spacial score (nSPS) is 19.0. The molecule has 0 aliphatic carbocycles. The van der Waals surface area contributed by atoms with Crippen molar-refractivity contribution in [1.29, 1.82) is 0 Å². The van der Waals surface area contributed by atoms with E-state index >= 15 is 0 Å². The average Bonchev–Trinajstić information content (AvgIpc) is 2.66. The summed E-state index contributed by atoms with van der Waals surface area (Å²) in [6.45, 7) is 10.0. The molecule has 0 radical (unpaired) electrons. The second-order valence-electron chi connectivity index (χ2n) is 6.25. The number of hydrogen-bond acceptors (Lipinski definition) is 5. The third kappa shape index (κ3) is 3.62. The molecule has 1 fully saturated rings. The lowest BCUT2D eigenvalue weighted by atomic mass is 9.79. The zero-order valence-corrected chi connectivity index (χ0v) is 13.8. The maximum absolute atomic E-state index is 11.3. The van der Waals surface area contributed by atoms with E-state index in [1.807, 2.05) is 45.9 Å². The predicted molar refractivity (Wildman–Crippen MR) is 84.3 cm³/mol.